The molecule has 1 fully saturated rings. The van der Waals surface area contributed by atoms with Crippen LogP contribution in [0.3, 0.4) is 0 Å². The number of likely N-dealkylation sites (tertiary alicyclic amines) is 1. The van der Waals surface area contributed by atoms with Crippen LogP contribution in [-0.4, -0.2) is 52.9 Å². The predicted octanol–water partition coefficient (Wildman–Crippen LogP) is 4.84. The van der Waals surface area contributed by atoms with Crippen LogP contribution in [0.5, 0.6) is 0 Å². The molecule has 0 spiro atoms. The van der Waals surface area contributed by atoms with E-state index in [0.717, 1.165) is 0 Å². The van der Waals surface area contributed by atoms with E-state index in [1.54, 1.807) is 48.9 Å². The highest BCUT2D eigenvalue weighted by molar-refractivity contribution is 7.62. The summed E-state index contributed by atoms with van der Waals surface area (Å²) in [5.41, 5.74) is 1.18. The lowest BCUT2D eigenvalue weighted by atomic mass is 10.1. The van der Waals surface area contributed by atoms with Crippen LogP contribution in [0.25, 0.3) is 10.9 Å². The first-order valence-electron chi connectivity index (χ1n) is 13.1. The van der Waals surface area contributed by atoms with E-state index >= 15 is 0 Å². The molecule has 214 valence electrons. The molecule has 1 aliphatic heterocycles. The fourth-order valence-corrected chi connectivity index (χ4v) is 6.73. The fraction of sp³-hybridized carbons (Fsp3) is 0.393. The normalized spacial score (nSPS) is 15.5. The number of carbonyl (C=O) groups is 3. The second-order valence-corrected chi connectivity index (χ2v) is 11.9. The van der Waals surface area contributed by atoms with Gasteiger partial charge < -0.3 is 23.8 Å². The molecule has 0 saturated carbocycles. The highest BCUT2D eigenvalue weighted by Gasteiger charge is 2.34. The molecule has 0 aliphatic carbocycles. The number of Topliss-reactive ketones (excluding diaryl/α,β-unsaturated/α-hetero) is 1. The van der Waals surface area contributed by atoms with E-state index < -0.39 is 19.5 Å². The van der Waals surface area contributed by atoms with Gasteiger partial charge in [-0.15, -0.1) is 0 Å². The number of ketones is 1. The molecule has 9 nitrogen and oxygen atoms in total. The van der Waals surface area contributed by atoms with Crippen LogP contribution >= 0.6 is 19.2 Å². The highest BCUT2D eigenvalue weighted by Crippen LogP contribution is 2.47. The summed E-state index contributed by atoms with van der Waals surface area (Å²) in [4.78, 5) is 40.3. The van der Waals surface area contributed by atoms with Gasteiger partial charge in [-0.25, -0.2) is 4.39 Å². The molecule has 3 aromatic rings. The number of benzene rings is 2. The zero-order valence-corrected chi connectivity index (χ0v) is 24.3. The summed E-state index contributed by atoms with van der Waals surface area (Å²) in [7, 11) is -3.61. The van der Waals surface area contributed by atoms with Crippen LogP contribution in [0.15, 0.2) is 42.6 Å². The average Bonchev–Trinajstić information content (AvgIpc) is 3.55. The molecule has 2 heterocycles. The number of amides is 2. The molecule has 4 rings (SSSR count). The molecule has 0 unspecified atom stereocenters. The zero-order valence-electron chi connectivity index (χ0n) is 22.6. The Bertz CT molecular complexity index is 1480. The molecule has 40 heavy (non-hydrogen) atoms. The van der Waals surface area contributed by atoms with E-state index in [-0.39, 0.29) is 54.5 Å². The van der Waals surface area contributed by atoms with E-state index in [0.29, 0.717) is 41.2 Å². The van der Waals surface area contributed by atoms with Crippen LogP contribution in [0.1, 0.15) is 49.5 Å². The fourth-order valence-electron chi connectivity index (χ4n) is 4.95. The molecule has 0 bridgehead atoms. The van der Waals surface area contributed by atoms with Crippen molar-refractivity contribution in [1.29, 1.82) is 0 Å². The number of nitrogens with one attached hydrogen (secondary N) is 1. The predicted molar refractivity (Wildman–Crippen MR) is 150 cm³/mol. The largest absolute Gasteiger partial charge is 0.361 e. The minimum atomic E-state index is -3.61. The first-order valence-corrected chi connectivity index (χ1v) is 15.0. The molecule has 1 aliphatic rings. The first kappa shape index (κ1) is 29.9. The molecule has 1 atom stereocenters. The van der Waals surface area contributed by atoms with Gasteiger partial charge >= 0.3 is 7.60 Å². The Morgan fingerprint density at radius 2 is 1.88 bits per heavy atom. The third kappa shape index (κ3) is 6.15. The molecule has 1 aromatic heterocycles. The molecular formula is C28H32ClFN3O6P. The second-order valence-electron chi connectivity index (χ2n) is 9.44. The Morgan fingerprint density at radius 1 is 1.15 bits per heavy atom. The summed E-state index contributed by atoms with van der Waals surface area (Å²) in [5.74, 6) is -1.49. The lowest BCUT2D eigenvalue weighted by Gasteiger charge is -2.24. The van der Waals surface area contributed by atoms with Crippen molar-refractivity contribution in [3.05, 3.63) is 64.6 Å². The summed E-state index contributed by atoms with van der Waals surface area (Å²) in [6, 6.07) is 8.75. The summed E-state index contributed by atoms with van der Waals surface area (Å²) in [6.45, 7) is 5.40. The van der Waals surface area contributed by atoms with Gasteiger partial charge in [0.05, 0.1) is 29.1 Å². The Labute approximate surface area is 237 Å². The Hall–Kier alpha value is -3.04. The molecule has 2 amide bonds. The molecule has 12 heteroatoms. The van der Waals surface area contributed by atoms with E-state index in [1.165, 1.54) is 24.0 Å². The number of aromatic nitrogens is 1. The van der Waals surface area contributed by atoms with Crippen molar-refractivity contribution in [3.63, 3.8) is 0 Å². The van der Waals surface area contributed by atoms with Crippen molar-refractivity contribution < 1.29 is 32.4 Å². The van der Waals surface area contributed by atoms with Crippen molar-refractivity contribution >= 4 is 53.0 Å². The highest BCUT2D eigenvalue weighted by atomic mass is 35.5. The summed E-state index contributed by atoms with van der Waals surface area (Å²) in [5, 5.41) is 3.60. The second kappa shape index (κ2) is 12.6. The van der Waals surface area contributed by atoms with Gasteiger partial charge in [0.25, 0.3) is 0 Å². The lowest BCUT2D eigenvalue weighted by molar-refractivity contribution is -0.138. The number of halogens is 2. The number of hydrogen-bond acceptors (Lipinski definition) is 6. The van der Waals surface area contributed by atoms with Gasteiger partial charge in [0.15, 0.2) is 5.78 Å². The molecule has 1 N–H and O–H groups in total. The molecule has 2 aromatic carbocycles. The van der Waals surface area contributed by atoms with Crippen LogP contribution in [0.2, 0.25) is 5.02 Å². The van der Waals surface area contributed by atoms with E-state index in [1.807, 2.05) is 0 Å². The number of fused-ring (bicyclic) bond motifs is 1. The third-order valence-electron chi connectivity index (χ3n) is 6.83. The number of rotatable bonds is 11. The van der Waals surface area contributed by atoms with Crippen molar-refractivity contribution in [1.82, 2.24) is 14.8 Å². The quantitative estimate of drug-likeness (QED) is 0.253. The van der Waals surface area contributed by atoms with Crippen LogP contribution < -0.4 is 10.6 Å². The number of carbonyl (C=O) groups excluding carboxylic acids is 3. The average molecular weight is 592 g/mol. The van der Waals surface area contributed by atoms with Crippen molar-refractivity contribution in [2.45, 2.75) is 52.7 Å². The maximum absolute atomic E-state index is 14.2. The summed E-state index contributed by atoms with van der Waals surface area (Å²) < 4.78 is 40.2. The van der Waals surface area contributed by atoms with Gasteiger partial charge in [-0.2, -0.15) is 0 Å². The number of hydrogen-bond donors (Lipinski definition) is 1. The van der Waals surface area contributed by atoms with Crippen LogP contribution in [-0.2, 0) is 36.3 Å². The Morgan fingerprint density at radius 3 is 2.55 bits per heavy atom. The van der Waals surface area contributed by atoms with E-state index in [4.69, 9.17) is 20.6 Å². The van der Waals surface area contributed by atoms with Gasteiger partial charge in [0.2, 0.25) is 11.8 Å². The lowest BCUT2D eigenvalue weighted by Crippen LogP contribution is -2.46. The Balaban J connectivity index is 1.57. The third-order valence-corrected chi connectivity index (χ3v) is 9.22. The smallest absolute Gasteiger partial charge is 0.350 e. The molecule has 1 saturated heterocycles. The molecule has 0 radical (unpaired) electrons. The van der Waals surface area contributed by atoms with E-state index in [2.05, 4.69) is 5.32 Å². The van der Waals surface area contributed by atoms with Gasteiger partial charge in [-0.05, 0) is 51.8 Å². The zero-order chi connectivity index (χ0) is 29.0. The summed E-state index contributed by atoms with van der Waals surface area (Å²) >= 11 is 5.83. The maximum atomic E-state index is 14.2. The minimum Gasteiger partial charge on any atom is -0.350 e. The number of nitrogens with zero attached hydrogens (tertiary/aromatic N) is 2. The van der Waals surface area contributed by atoms with Crippen molar-refractivity contribution in [2.75, 3.05) is 19.8 Å². The van der Waals surface area contributed by atoms with Crippen LogP contribution in [0, 0.1) is 5.82 Å². The van der Waals surface area contributed by atoms with Gasteiger partial charge in [0.1, 0.15) is 18.4 Å². The maximum Gasteiger partial charge on any atom is 0.361 e. The monoisotopic (exact) mass is 591 g/mol. The van der Waals surface area contributed by atoms with E-state index in [9.17, 15) is 23.3 Å². The van der Waals surface area contributed by atoms with Gasteiger partial charge in [-0.3, -0.25) is 18.9 Å². The topological polar surface area (TPSA) is 107 Å². The minimum absolute atomic E-state index is 0.0321. The van der Waals surface area contributed by atoms with Crippen molar-refractivity contribution in [3.8, 4) is 0 Å². The summed E-state index contributed by atoms with van der Waals surface area (Å²) in [6.07, 6.45) is 2.70. The van der Waals surface area contributed by atoms with Crippen LogP contribution in [0.4, 0.5) is 4.39 Å². The Kier molecular flexibility index (Phi) is 9.46. The molecular weight excluding hydrogens is 560 g/mol. The SMILES string of the molecule is CCOP(=O)(OCC)c1ccc2c(C(C)=O)cn(CC(=O)N3CCC[C@H]3C(=O)NCc3cccc(Cl)c3F)c2c1. The van der Waals surface area contributed by atoms with Gasteiger partial charge in [0, 0.05) is 35.8 Å². The standard InChI is InChI=1S/C28H32ClFN3O6P/c1-4-38-40(37,39-5-2)20-11-12-21-22(18(3)34)16-32(25(21)14-20)17-26(35)33-13-7-10-24(33)28(36)31-15-19-8-6-9-23(29)27(19)30/h6,8-9,11-12,14,16,24H,4-5,7,10,13,15,17H2,1-3H3,(H,31,36)/t24-/m0/s1. The first-order chi connectivity index (χ1) is 19.1. The van der Waals surface area contributed by atoms with Crippen molar-refractivity contribution in [2.24, 2.45) is 0 Å². The van der Waals surface area contributed by atoms with Gasteiger partial charge in [-0.1, -0.05) is 29.8 Å².